The van der Waals surface area contributed by atoms with Gasteiger partial charge in [-0.05, 0) is 24.6 Å². The summed E-state index contributed by atoms with van der Waals surface area (Å²) in [6.07, 6.45) is 2.21. The molecule has 2 aliphatic heterocycles. The molecular formula is C15H21N3. The quantitative estimate of drug-likeness (QED) is 0.862. The Morgan fingerprint density at radius 2 is 2.11 bits per heavy atom. The molecule has 2 atom stereocenters. The zero-order valence-electron chi connectivity index (χ0n) is 11.2. The van der Waals surface area contributed by atoms with Crippen LogP contribution >= 0.6 is 0 Å². The van der Waals surface area contributed by atoms with E-state index in [1.54, 1.807) is 0 Å². The van der Waals surface area contributed by atoms with Crippen LogP contribution in [0.3, 0.4) is 0 Å². The average Bonchev–Trinajstić information content (AvgIpc) is 2.82. The van der Waals surface area contributed by atoms with Crippen LogP contribution in [0, 0.1) is 5.92 Å². The van der Waals surface area contributed by atoms with Crippen molar-refractivity contribution in [3.05, 3.63) is 35.4 Å². The smallest absolute Gasteiger partial charge is 0.0782 e. The van der Waals surface area contributed by atoms with Crippen LogP contribution in [0.5, 0.6) is 0 Å². The van der Waals surface area contributed by atoms with Gasteiger partial charge in [-0.15, -0.1) is 0 Å². The number of hydrazone groups is 1. The monoisotopic (exact) mass is 243 g/mol. The van der Waals surface area contributed by atoms with E-state index in [-0.39, 0.29) is 0 Å². The van der Waals surface area contributed by atoms with Crippen molar-refractivity contribution in [3.63, 3.8) is 0 Å². The summed E-state index contributed by atoms with van der Waals surface area (Å²) < 4.78 is 0. The Morgan fingerprint density at radius 3 is 2.83 bits per heavy atom. The number of benzene rings is 1. The molecule has 18 heavy (non-hydrogen) atoms. The van der Waals surface area contributed by atoms with E-state index < -0.39 is 0 Å². The first kappa shape index (κ1) is 11.7. The van der Waals surface area contributed by atoms with Gasteiger partial charge in [-0.3, -0.25) is 0 Å². The third-order valence-electron chi connectivity index (χ3n) is 4.18. The Hall–Kier alpha value is -1.35. The number of aryl methyl sites for hydroxylation is 1. The van der Waals surface area contributed by atoms with Crippen molar-refractivity contribution in [2.75, 3.05) is 20.1 Å². The molecule has 1 aromatic carbocycles. The molecule has 3 nitrogen and oxygen atoms in total. The third kappa shape index (κ3) is 2.03. The first-order valence-electron chi connectivity index (χ1n) is 6.87. The molecule has 96 valence electrons. The van der Waals surface area contributed by atoms with Gasteiger partial charge in [-0.1, -0.05) is 31.2 Å². The Labute approximate surface area is 109 Å². The summed E-state index contributed by atoms with van der Waals surface area (Å²) in [5, 5.41) is 4.53. The van der Waals surface area contributed by atoms with Gasteiger partial charge in [-0.25, -0.2) is 0 Å². The molecule has 0 aromatic heterocycles. The molecule has 2 unspecified atom stereocenters. The first-order valence-corrected chi connectivity index (χ1v) is 6.87. The number of hydrogen-bond donors (Lipinski definition) is 1. The highest BCUT2D eigenvalue weighted by molar-refractivity contribution is 5.89. The van der Waals surface area contributed by atoms with Crippen LogP contribution in [0.2, 0.25) is 0 Å². The van der Waals surface area contributed by atoms with Gasteiger partial charge in [-0.2, -0.15) is 5.10 Å². The van der Waals surface area contributed by atoms with Crippen LogP contribution < -0.4 is 5.43 Å². The van der Waals surface area contributed by atoms with E-state index >= 15 is 0 Å². The van der Waals surface area contributed by atoms with Gasteiger partial charge in [0.25, 0.3) is 0 Å². The summed E-state index contributed by atoms with van der Waals surface area (Å²) in [5.41, 5.74) is 7.46. The Kier molecular flexibility index (Phi) is 3.08. The molecule has 3 heteroatoms. The predicted molar refractivity (Wildman–Crippen MR) is 74.7 cm³/mol. The maximum absolute atomic E-state index is 4.53. The van der Waals surface area contributed by atoms with Crippen molar-refractivity contribution in [3.8, 4) is 0 Å². The summed E-state index contributed by atoms with van der Waals surface area (Å²) in [6.45, 7) is 4.45. The van der Waals surface area contributed by atoms with Crippen molar-refractivity contribution in [2.24, 2.45) is 11.0 Å². The van der Waals surface area contributed by atoms with Crippen LogP contribution in [0.4, 0.5) is 0 Å². The normalized spacial score (nSPS) is 27.6. The molecular weight excluding hydrogens is 222 g/mol. The molecule has 0 saturated carbocycles. The summed E-state index contributed by atoms with van der Waals surface area (Å²) in [7, 11) is 2.20. The fourth-order valence-corrected chi connectivity index (χ4v) is 2.97. The highest BCUT2D eigenvalue weighted by atomic mass is 15.3. The molecule has 2 aliphatic rings. The lowest BCUT2D eigenvalue weighted by Gasteiger charge is -2.30. The molecule has 1 aromatic rings. The van der Waals surface area contributed by atoms with Crippen molar-refractivity contribution in [1.82, 2.24) is 10.3 Å². The van der Waals surface area contributed by atoms with Gasteiger partial charge in [0.2, 0.25) is 0 Å². The molecule has 2 heterocycles. The maximum Gasteiger partial charge on any atom is 0.0782 e. The number of nitrogens with one attached hydrogen (secondary N) is 1. The van der Waals surface area contributed by atoms with E-state index in [1.165, 1.54) is 16.8 Å². The van der Waals surface area contributed by atoms with E-state index in [0.717, 1.165) is 25.9 Å². The topological polar surface area (TPSA) is 27.6 Å². The summed E-state index contributed by atoms with van der Waals surface area (Å²) in [6, 6.07) is 9.35. The van der Waals surface area contributed by atoms with E-state index in [1.807, 2.05) is 0 Å². The molecule has 0 amide bonds. The number of likely N-dealkylation sites (tertiary alicyclic amines) is 1. The van der Waals surface area contributed by atoms with E-state index in [9.17, 15) is 0 Å². The lowest BCUT2D eigenvalue weighted by atomic mass is 9.86. The summed E-state index contributed by atoms with van der Waals surface area (Å²) >= 11 is 0. The van der Waals surface area contributed by atoms with Crippen LogP contribution in [-0.2, 0) is 6.42 Å². The standard InChI is InChI=1S/C15H21N3/c1-3-11-4-6-12(7-5-11)15-13-10-18(2)9-8-14(13)16-17-15/h4-7,13,15,17H,3,8-10H2,1-2H3. The van der Waals surface area contributed by atoms with E-state index in [4.69, 9.17) is 0 Å². The predicted octanol–water partition coefficient (Wildman–Crippen LogP) is 2.20. The van der Waals surface area contributed by atoms with Crippen molar-refractivity contribution < 1.29 is 0 Å². The number of nitrogens with zero attached hydrogens (tertiary/aromatic N) is 2. The molecule has 3 rings (SSSR count). The number of fused-ring (bicyclic) bond motifs is 1. The number of piperidine rings is 1. The minimum absolute atomic E-state index is 0.369. The Morgan fingerprint density at radius 1 is 1.33 bits per heavy atom. The largest absolute Gasteiger partial charge is 0.305 e. The molecule has 0 spiro atoms. The summed E-state index contributed by atoms with van der Waals surface area (Å²) in [5.74, 6) is 0.552. The Bertz CT molecular complexity index is 449. The fourth-order valence-electron chi connectivity index (χ4n) is 2.97. The second kappa shape index (κ2) is 4.73. The fraction of sp³-hybridized carbons (Fsp3) is 0.533. The molecule has 0 aliphatic carbocycles. The highest BCUT2D eigenvalue weighted by Gasteiger charge is 2.35. The van der Waals surface area contributed by atoms with Gasteiger partial charge in [0.1, 0.15) is 0 Å². The molecule has 1 fully saturated rings. The van der Waals surface area contributed by atoms with Crippen molar-refractivity contribution in [1.29, 1.82) is 0 Å². The van der Waals surface area contributed by atoms with E-state index in [2.05, 4.69) is 53.7 Å². The van der Waals surface area contributed by atoms with Gasteiger partial charge < -0.3 is 10.3 Å². The maximum atomic E-state index is 4.53. The molecule has 0 bridgehead atoms. The zero-order valence-corrected chi connectivity index (χ0v) is 11.2. The van der Waals surface area contributed by atoms with Crippen LogP contribution in [0.25, 0.3) is 0 Å². The van der Waals surface area contributed by atoms with Crippen molar-refractivity contribution in [2.45, 2.75) is 25.8 Å². The van der Waals surface area contributed by atoms with E-state index in [0.29, 0.717) is 12.0 Å². The molecule has 0 radical (unpaired) electrons. The summed E-state index contributed by atoms with van der Waals surface area (Å²) in [4.78, 5) is 2.41. The second-order valence-electron chi connectivity index (χ2n) is 5.42. The average molecular weight is 243 g/mol. The molecule has 1 N–H and O–H groups in total. The van der Waals surface area contributed by atoms with Gasteiger partial charge in [0, 0.05) is 31.1 Å². The van der Waals surface area contributed by atoms with Gasteiger partial charge in [0.05, 0.1) is 6.04 Å². The SMILES string of the molecule is CCc1ccc(C2NN=C3CCN(C)CC32)cc1. The van der Waals surface area contributed by atoms with Gasteiger partial charge in [0.15, 0.2) is 0 Å². The Balaban J connectivity index is 1.80. The van der Waals surface area contributed by atoms with Crippen LogP contribution in [-0.4, -0.2) is 30.7 Å². The number of hydrogen-bond acceptors (Lipinski definition) is 3. The van der Waals surface area contributed by atoms with Crippen LogP contribution in [0.15, 0.2) is 29.4 Å². The lowest BCUT2D eigenvalue weighted by Crippen LogP contribution is -2.39. The molecule has 1 saturated heterocycles. The minimum Gasteiger partial charge on any atom is -0.305 e. The minimum atomic E-state index is 0.369. The zero-order chi connectivity index (χ0) is 12.5. The van der Waals surface area contributed by atoms with Crippen molar-refractivity contribution >= 4 is 5.71 Å². The van der Waals surface area contributed by atoms with Gasteiger partial charge >= 0.3 is 0 Å². The second-order valence-corrected chi connectivity index (χ2v) is 5.42. The van der Waals surface area contributed by atoms with Crippen LogP contribution in [0.1, 0.15) is 30.5 Å². The number of rotatable bonds is 2. The lowest BCUT2D eigenvalue weighted by molar-refractivity contribution is 0.272. The third-order valence-corrected chi connectivity index (χ3v) is 4.18. The first-order chi connectivity index (χ1) is 8.78. The highest BCUT2D eigenvalue weighted by Crippen LogP contribution is 2.32.